The Morgan fingerprint density at radius 2 is 0.857 bits per heavy atom. The Labute approximate surface area is 55.7 Å². The van der Waals surface area contributed by atoms with E-state index in [2.05, 4.69) is 20.8 Å². The molecule has 0 aromatic heterocycles. The molecule has 0 saturated heterocycles. The second-order valence-corrected chi connectivity index (χ2v) is 1.73. The maximum absolute atomic E-state index is 2.17. The lowest BCUT2D eigenvalue weighted by Crippen LogP contribution is -1.66. The molecule has 0 spiro atoms. The molecule has 0 aromatic rings. The first kappa shape index (κ1) is 26.0. The summed E-state index contributed by atoms with van der Waals surface area (Å²) in [4.78, 5) is 0. The molecule has 0 rings (SSSR count). The van der Waals surface area contributed by atoms with Gasteiger partial charge >= 0.3 is 0 Å². The summed E-state index contributed by atoms with van der Waals surface area (Å²) >= 11 is 0. The molecule has 0 radical (unpaired) electrons. The van der Waals surface area contributed by atoms with Gasteiger partial charge in [-0.2, -0.15) is 0 Å². The number of hydrogen-bond donors (Lipinski definition) is 0. The first-order valence-corrected chi connectivity index (χ1v) is 1.73. The number of hydrogen-bond acceptors (Lipinski definition) is 0. The van der Waals surface area contributed by atoms with Crippen LogP contribution in [0.2, 0.25) is 0 Å². The Morgan fingerprint density at radius 1 is 0.857 bits per heavy atom. The van der Waals surface area contributed by atoms with Gasteiger partial charge in [0.05, 0.1) is 0 Å². The van der Waals surface area contributed by atoms with E-state index in [0.717, 1.165) is 5.92 Å². The highest BCUT2D eigenvalue weighted by atomic mass is 27.0. The minimum atomic E-state index is 0. The molecule has 0 aliphatic carbocycles. The Balaban J connectivity index is -0.0000000150. The maximum atomic E-state index is 2.17. The van der Waals surface area contributed by atoms with Crippen LogP contribution < -0.4 is 0 Å². The zero-order chi connectivity index (χ0) is 3.58. The summed E-state index contributed by atoms with van der Waals surface area (Å²) in [6, 6.07) is 0. The van der Waals surface area contributed by atoms with Gasteiger partial charge in [-0.25, -0.2) is 0 Å². The fourth-order valence-corrected chi connectivity index (χ4v) is 0. The monoisotopic (exact) mass is 124 g/mol. The molecule has 4 N–H and O–H groups in total. The molecule has 0 saturated carbocycles. The molecule has 48 valence electrons. The van der Waals surface area contributed by atoms with Gasteiger partial charge in [0.1, 0.15) is 0 Å². The zero-order valence-corrected chi connectivity index (χ0v) is 4.58. The highest BCUT2D eigenvalue weighted by Crippen LogP contribution is 1.81. The summed E-state index contributed by atoms with van der Waals surface area (Å²) in [6.07, 6.45) is 0. The van der Waals surface area contributed by atoms with Crippen molar-refractivity contribution in [2.24, 2.45) is 5.92 Å². The van der Waals surface area contributed by atoms with Gasteiger partial charge in [-0.1, -0.05) is 20.8 Å². The van der Waals surface area contributed by atoms with Crippen LogP contribution >= 0.6 is 0 Å². The van der Waals surface area contributed by atoms with Gasteiger partial charge in [-0.15, -0.1) is 0 Å². The lowest BCUT2D eigenvalue weighted by molar-refractivity contribution is 0.737. The molecule has 0 aliphatic heterocycles. The first-order valence-electron chi connectivity index (χ1n) is 1.73. The quantitative estimate of drug-likeness (QED) is 0.365. The van der Waals surface area contributed by atoms with Gasteiger partial charge in [0, 0.05) is 0 Å². The average molecular weight is 124 g/mol. The molecule has 0 unspecified atom stereocenters. The van der Waals surface area contributed by atoms with E-state index in [0.29, 0.717) is 0 Å². The summed E-state index contributed by atoms with van der Waals surface area (Å²) in [5, 5.41) is 0. The first-order chi connectivity index (χ1) is 1.73. The fourth-order valence-electron chi connectivity index (χ4n) is 0. The van der Waals surface area contributed by atoms with Crippen molar-refractivity contribution >= 4 is 17.4 Å². The third kappa shape index (κ3) is 625. The van der Waals surface area contributed by atoms with Crippen LogP contribution in [-0.2, 0) is 0 Å². The predicted molar refractivity (Wildman–Crippen MR) is 37.7 cm³/mol. The highest BCUT2D eigenvalue weighted by Gasteiger charge is 1.68. The summed E-state index contributed by atoms with van der Waals surface area (Å²) in [7, 11) is 0. The van der Waals surface area contributed by atoms with Crippen LogP contribution in [0.15, 0.2) is 0 Å². The summed E-state index contributed by atoms with van der Waals surface area (Å²) in [6.45, 7) is 6.50. The van der Waals surface area contributed by atoms with Crippen LogP contribution in [0.3, 0.4) is 0 Å². The van der Waals surface area contributed by atoms with Crippen LogP contribution in [0.4, 0.5) is 0 Å². The largest absolute Gasteiger partial charge is 0.412 e. The van der Waals surface area contributed by atoms with E-state index in [1.54, 1.807) is 0 Å². The Morgan fingerprint density at radius 3 is 0.857 bits per heavy atom. The van der Waals surface area contributed by atoms with Crippen LogP contribution in [0.25, 0.3) is 0 Å². The lowest BCUT2D eigenvalue weighted by atomic mass is 10.3. The topological polar surface area (TPSA) is 63.0 Å². The summed E-state index contributed by atoms with van der Waals surface area (Å²) in [5.41, 5.74) is 0. The minimum absolute atomic E-state index is 0. The van der Waals surface area contributed by atoms with Crippen LogP contribution in [0.1, 0.15) is 20.8 Å². The average Bonchev–Trinajstić information content (AvgIpc) is 0.811. The number of rotatable bonds is 0. The summed E-state index contributed by atoms with van der Waals surface area (Å²) in [5.74, 6) is 0.833. The van der Waals surface area contributed by atoms with Gasteiger partial charge < -0.3 is 11.0 Å². The van der Waals surface area contributed by atoms with E-state index < -0.39 is 0 Å². The van der Waals surface area contributed by atoms with Crippen LogP contribution in [0, 0.1) is 5.92 Å². The molecule has 3 heteroatoms. The Hall–Kier alpha value is 0.452. The molecule has 0 fully saturated rings. The SMILES string of the molecule is CC(C)C.O.O.[AlH3]. The molecule has 0 bridgehead atoms. The van der Waals surface area contributed by atoms with Gasteiger partial charge in [-0.3, -0.25) is 0 Å². The Bertz CT molecular complexity index is 14.4. The van der Waals surface area contributed by atoms with Crippen LogP contribution in [0.5, 0.6) is 0 Å². The standard InChI is InChI=1S/C4H10.Al.2H2O.3H/c1-4(2)3;;;;;;/h4H,1-3H3;;2*1H2;;;. The maximum Gasteiger partial charge on any atom is 0.187 e. The van der Waals surface area contributed by atoms with E-state index in [9.17, 15) is 0 Å². The van der Waals surface area contributed by atoms with Gasteiger partial charge in [-0.05, 0) is 5.92 Å². The third-order valence-corrected chi connectivity index (χ3v) is 0. The molecule has 0 heterocycles. The molecule has 2 nitrogen and oxygen atoms in total. The molecular formula is C4H17AlO2. The molecular weight excluding hydrogens is 107 g/mol. The van der Waals surface area contributed by atoms with Crippen molar-refractivity contribution in [2.75, 3.05) is 0 Å². The molecule has 0 amide bonds. The van der Waals surface area contributed by atoms with E-state index >= 15 is 0 Å². The van der Waals surface area contributed by atoms with Crippen molar-refractivity contribution in [1.82, 2.24) is 0 Å². The van der Waals surface area contributed by atoms with E-state index in [1.807, 2.05) is 0 Å². The van der Waals surface area contributed by atoms with Crippen molar-refractivity contribution in [3.63, 3.8) is 0 Å². The molecule has 0 aromatic carbocycles. The van der Waals surface area contributed by atoms with Gasteiger partial charge in [0.25, 0.3) is 0 Å². The second-order valence-electron chi connectivity index (χ2n) is 1.73. The van der Waals surface area contributed by atoms with Crippen molar-refractivity contribution in [3.8, 4) is 0 Å². The van der Waals surface area contributed by atoms with Crippen LogP contribution in [-0.4, -0.2) is 28.3 Å². The second kappa shape index (κ2) is 16.1. The summed E-state index contributed by atoms with van der Waals surface area (Å²) < 4.78 is 0. The smallest absolute Gasteiger partial charge is 0.187 e. The van der Waals surface area contributed by atoms with E-state index in [4.69, 9.17) is 0 Å². The van der Waals surface area contributed by atoms with Gasteiger partial charge in [0.2, 0.25) is 0 Å². The molecule has 0 aliphatic rings. The van der Waals surface area contributed by atoms with Crippen molar-refractivity contribution in [3.05, 3.63) is 0 Å². The highest BCUT2D eigenvalue weighted by molar-refractivity contribution is 5.75. The van der Waals surface area contributed by atoms with Gasteiger partial charge in [0.15, 0.2) is 17.4 Å². The lowest BCUT2D eigenvalue weighted by Gasteiger charge is -1.79. The zero-order valence-electron chi connectivity index (χ0n) is 4.58. The van der Waals surface area contributed by atoms with Crippen molar-refractivity contribution < 1.29 is 11.0 Å². The minimum Gasteiger partial charge on any atom is -0.412 e. The predicted octanol–water partition coefficient (Wildman–Crippen LogP) is -1.17. The fraction of sp³-hybridized carbons (Fsp3) is 1.00. The normalized spacial score (nSPS) is 5.14. The molecule has 0 atom stereocenters. The Kier molecular flexibility index (Phi) is 59.8. The van der Waals surface area contributed by atoms with E-state index in [-0.39, 0.29) is 28.3 Å². The van der Waals surface area contributed by atoms with Crippen molar-refractivity contribution in [2.45, 2.75) is 20.8 Å². The van der Waals surface area contributed by atoms with E-state index in [1.165, 1.54) is 0 Å². The molecule has 7 heavy (non-hydrogen) atoms. The third-order valence-electron chi connectivity index (χ3n) is 0. The van der Waals surface area contributed by atoms with Crippen molar-refractivity contribution in [1.29, 1.82) is 0 Å².